The molecule has 1 aliphatic carbocycles. The van der Waals surface area contributed by atoms with Crippen molar-refractivity contribution in [2.75, 3.05) is 5.32 Å². The van der Waals surface area contributed by atoms with Gasteiger partial charge in [-0.1, -0.05) is 23.9 Å². The average molecular weight is 406 g/mol. The smallest absolute Gasteiger partial charge is 0.237 e. The van der Waals surface area contributed by atoms with E-state index < -0.39 is 28.5 Å². The molecule has 1 saturated carbocycles. The van der Waals surface area contributed by atoms with E-state index in [-0.39, 0.29) is 0 Å². The Hall–Kier alpha value is -2.26. The van der Waals surface area contributed by atoms with Crippen molar-refractivity contribution in [1.29, 1.82) is 0 Å². The number of hydrogen-bond donors (Lipinski definition) is 1. The number of amides is 1. The van der Waals surface area contributed by atoms with Crippen LogP contribution in [0.4, 0.5) is 14.5 Å². The minimum absolute atomic E-state index is 0.332. The Morgan fingerprint density at radius 1 is 1.26 bits per heavy atom. The van der Waals surface area contributed by atoms with Crippen LogP contribution in [0.3, 0.4) is 0 Å². The van der Waals surface area contributed by atoms with Crippen molar-refractivity contribution in [3.05, 3.63) is 47.3 Å². The fourth-order valence-corrected chi connectivity index (χ4v) is 4.27. The zero-order valence-electron chi connectivity index (χ0n) is 14.4. The van der Waals surface area contributed by atoms with E-state index in [0.717, 1.165) is 35.7 Å². The molecule has 1 unspecified atom stereocenters. The van der Waals surface area contributed by atoms with Crippen molar-refractivity contribution in [2.24, 2.45) is 0 Å². The first kappa shape index (κ1) is 18.1. The monoisotopic (exact) mass is 406 g/mol. The number of rotatable bonds is 6. The lowest BCUT2D eigenvalue weighted by molar-refractivity contribution is -0.115. The molecular weight excluding hydrogens is 390 g/mol. The third-order valence-electron chi connectivity index (χ3n) is 4.18. The Bertz CT molecular complexity index is 950. The number of thiophene rings is 1. The Labute approximate surface area is 162 Å². The molecule has 0 saturated heterocycles. The summed E-state index contributed by atoms with van der Waals surface area (Å²) in [6, 6.07) is 7.74. The fraction of sp³-hybridized carbons (Fsp3) is 0.278. The summed E-state index contributed by atoms with van der Waals surface area (Å²) in [5, 5.41) is 12.9. The van der Waals surface area contributed by atoms with Gasteiger partial charge < -0.3 is 5.32 Å². The first-order chi connectivity index (χ1) is 13.0. The van der Waals surface area contributed by atoms with Crippen LogP contribution in [0.25, 0.3) is 10.7 Å². The van der Waals surface area contributed by atoms with Crippen LogP contribution in [0.5, 0.6) is 0 Å². The Morgan fingerprint density at radius 3 is 2.63 bits per heavy atom. The molecule has 0 bridgehead atoms. The molecule has 1 amide bonds. The van der Waals surface area contributed by atoms with Gasteiger partial charge in [-0.05, 0) is 43.3 Å². The maximum atomic E-state index is 13.8. The van der Waals surface area contributed by atoms with Crippen LogP contribution in [0.15, 0.2) is 40.9 Å². The number of halogens is 2. The Balaban J connectivity index is 1.53. The predicted molar refractivity (Wildman–Crippen MR) is 102 cm³/mol. The number of nitrogens with one attached hydrogen (secondary N) is 1. The maximum Gasteiger partial charge on any atom is 0.237 e. The molecule has 1 atom stereocenters. The SMILES string of the molecule is CC(Sc1nnc(-c2cccs2)n1C1CC1)C(=O)Nc1c(F)cccc1F. The molecule has 0 spiro atoms. The average Bonchev–Trinajstić information content (AvgIpc) is 3.17. The summed E-state index contributed by atoms with van der Waals surface area (Å²) < 4.78 is 29.6. The van der Waals surface area contributed by atoms with Crippen molar-refractivity contribution >= 4 is 34.7 Å². The van der Waals surface area contributed by atoms with Gasteiger partial charge >= 0.3 is 0 Å². The number of thioether (sulfide) groups is 1. The molecule has 1 fully saturated rings. The van der Waals surface area contributed by atoms with Crippen molar-refractivity contribution in [1.82, 2.24) is 14.8 Å². The van der Waals surface area contributed by atoms with Crippen molar-refractivity contribution in [3.8, 4) is 10.7 Å². The lowest BCUT2D eigenvalue weighted by Crippen LogP contribution is -2.24. The van der Waals surface area contributed by atoms with E-state index in [1.807, 2.05) is 17.5 Å². The number of benzene rings is 1. The van der Waals surface area contributed by atoms with E-state index in [1.54, 1.807) is 18.3 Å². The van der Waals surface area contributed by atoms with Crippen LogP contribution in [0, 0.1) is 11.6 Å². The number of aromatic nitrogens is 3. The molecule has 140 valence electrons. The summed E-state index contributed by atoms with van der Waals surface area (Å²) in [4.78, 5) is 13.5. The molecule has 3 aromatic rings. The number of carbonyl (C=O) groups is 1. The van der Waals surface area contributed by atoms with Crippen LogP contribution < -0.4 is 5.32 Å². The summed E-state index contributed by atoms with van der Waals surface area (Å²) in [6.07, 6.45) is 2.09. The molecular formula is C18H16F2N4OS2. The normalized spacial score (nSPS) is 14.9. The third kappa shape index (κ3) is 3.74. The van der Waals surface area contributed by atoms with Gasteiger partial charge in [-0.25, -0.2) is 8.78 Å². The zero-order valence-corrected chi connectivity index (χ0v) is 16.0. The van der Waals surface area contributed by atoms with Gasteiger partial charge in [0.15, 0.2) is 11.0 Å². The van der Waals surface area contributed by atoms with Crippen LogP contribution in [0.2, 0.25) is 0 Å². The lowest BCUT2D eigenvalue weighted by Gasteiger charge is -2.14. The van der Waals surface area contributed by atoms with Crippen molar-refractivity contribution in [3.63, 3.8) is 0 Å². The van der Waals surface area contributed by atoms with Gasteiger partial charge in [-0.2, -0.15) is 0 Å². The quantitative estimate of drug-likeness (QED) is 0.601. The highest BCUT2D eigenvalue weighted by Crippen LogP contribution is 2.42. The number of para-hydroxylation sites is 1. The highest BCUT2D eigenvalue weighted by atomic mass is 32.2. The molecule has 5 nitrogen and oxygen atoms in total. The second kappa shape index (κ2) is 7.40. The van der Waals surface area contributed by atoms with Crippen LogP contribution in [0.1, 0.15) is 25.8 Å². The second-order valence-corrected chi connectivity index (χ2v) is 8.49. The predicted octanol–water partition coefficient (Wildman–Crippen LogP) is 4.74. The molecule has 1 aromatic carbocycles. The summed E-state index contributed by atoms with van der Waals surface area (Å²) in [5.74, 6) is -1.31. The van der Waals surface area contributed by atoms with Gasteiger partial charge in [0.25, 0.3) is 0 Å². The van der Waals surface area contributed by atoms with Crippen molar-refractivity contribution < 1.29 is 13.6 Å². The Kier molecular flexibility index (Phi) is 4.96. The first-order valence-electron chi connectivity index (χ1n) is 8.45. The highest BCUT2D eigenvalue weighted by molar-refractivity contribution is 8.00. The van der Waals surface area contributed by atoms with E-state index in [0.29, 0.717) is 11.2 Å². The second-order valence-electron chi connectivity index (χ2n) is 6.23. The summed E-state index contributed by atoms with van der Waals surface area (Å²) in [6.45, 7) is 1.68. The van der Waals surface area contributed by atoms with Crippen molar-refractivity contribution in [2.45, 2.75) is 36.2 Å². The first-order valence-corrected chi connectivity index (χ1v) is 10.2. The largest absolute Gasteiger partial charge is 0.320 e. The number of nitrogens with zero attached hydrogens (tertiary/aromatic N) is 3. The van der Waals surface area contributed by atoms with Gasteiger partial charge in [-0.15, -0.1) is 21.5 Å². The van der Waals surface area contributed by atoms with Crippen LogP contribution in [-0.2, 0) is 4.79 Å². The molecule has 0 aliphatic heterocycles. The van der Waals surface area contributed by atoms with Gasteiger partial charge in [0, 0.05) is 6.04 Å². The highest BCUT2D eigenvalue weighted by Gasteiger charge is 2.32. The summed E-state index contributed by atoms with van der Waals surface area (Å²) in [7, 11) is 0. The molecule has 2 aromatic heterocycles. The molecule has 0 radical (unpaired) electrons. The van der Waals surface area contributed by atoms with Gasteiger partial charge in [-0.3, -0.25) is 9.36 Å². The number of hydrogen-bond acceptors (Lipinski definition) is 5. The van der Waals surface area contributed by atoms with E-state index in [2.05, 4.69) is 20.1 Å². The van der Waals surface area contributed by atoms with E-state index in [1.165, 1.54) is 17.8 Å². The molecule has 4 rings (SSSR count). The van der Waals surface area contributed by atoms with Gasteiger partial charge in [0.2, 0.25) is 5.91 Å². The minimum Gasteiger partial charge on any atom is -0.320 e. The van der Waals surface area contributed by atoms with E-state index in [4.69, 9.17) is 0 Å². The Morgan fingerprint density at radius 2 is 2.00 bits per heavy atom. The lowest BCUT2D eigenvalue weighted by atomic mass is 10.3. The zero-order chi connectivity index (χ0) is 19.0. The maximum absolute atomic E-state index is 13.8. The summed E-state index contributed by atoms with van der Waals surface area (Å²) >= 11 is 2.82. The molecule has 1 aliphatic rings. The topological polar surface area (TPSA) is 59.8 Å². The van der Waals surface area contributed by atoms with Crippen LogP contribution >= 0.6 is 23.1 Å². The summed E-state index contributed by atoms with van der Waals surface area (Å²) in [5.41, 5.74) is -0.433. The fourth-order valence-electron chi connectivity index (χ4n) is 2.65. The van der Waals surface area contributed by atoms with E-state index in [9.17, 15) is 13.6 Å². The van der Waals surface area contributed by atoms with E-state index >= 15 is 0 Å². The molecule has 27 heavy (non-hydrogen) atoms. The van der Waals surface area contributed by atoms with Crippen LogP contribution in [-0.4, -0.2) is 25.9 Å². The standard InChI is InChI=1S/C18H16F2N4OS2/c1-10(17(25)21-15-12(19)4-2-5-13(15)20)27-18-23-22-16(14-6-3-9-26-14)24(18)11-7-8-11/h2-6,9-11H,7-8H2,1H3,(H,21,25). The third-order valence-corrected chi connectivity index (χ3v) is 6.10. The number of anilines is 1. The number of carbonyl (C=O) groups excluding carboxylic acids is 1. The molecule has 1 N–H and O–H groups in total. The minimum atomic E-state index is -0.804. The van der Waals surface area contributed by atoms with Gasteiger partial charge in [0.05, 0.1) is 10.1 Å². The van der Waals surface area contributed by atoms with Gasteiger partial charge in [0.1, 0.15) is 17.3 Å². The molecule has 2 heterocycles. The molecule has 9 heteroatoms.